The zero-order valence-electron chi connectivity index (χ0n) is 10.0. The van der Waals surface area contributed by atoms with E-state index in [-0.39, 0.29) is 51.4 Å². The molecule has 9 heteroatoms. The van der Waals surface area contributed by atoms with Crippen molar-refractivity contribution in [3.05, 3.63) is 40.7 Å². The van der Waals surface area contributed by atoms with Crippen molar-refractivity contribution in [3.8, 4) is 0 Å². The molecule has 0 spiro atoms. The number of amides is 2. The average Bonchev–Trinajstić information content (AvgIpc) is 2.87. The first-order chi connectivity index (χ1) is 8.59. The van der Waals surface area contributed by atoms with Gasteiger partial charge in [0.2, 0.25) is 0 Å². The van der Waals surface area contributed by atoms with E-state index in [1.54, 1.807) is 24.3 Å². The van der Waals surface area contributed by atoms with Crippen molar-refractivity contribution in [1.82, 2.24) is 8.75 Å². The van der Waals surface area contributed by atoms with Gasteiger partial charge in [0.15, 0.2) is 11.6 Å². The SMILES string of the molecule is Nc1nsnc1N.O=C1[N-]C(=O)c2ccccc21.[K+]. The third kappa shape index (κ3) is 3.81. The number of fused-ring (bicyclic) bond motifs is 1. The summed E-state index contributed by atoms with van der Waals surface area (Å²) in [7, 11) is 0. The average molecular weight is 301 g/mol. The van der Waals surface area contributed by atoms with Crippen LogP contribution in [0, 0.1) is 0 Å². The van der Waals surface area contributed by atoms with Crippen LogP contribution < -0.4 is 62.9 Å². The van der Waals surface area contributed by atoms with Gasteiger partial charge in [0.05, 0.1) is 23.5 Å². The topological polar surface area (TPSA) is 126 Å². The molecule has 3 rings (SSSR count). The van der Waals surface area contributed by atoms with Gasteiger partial charge in [-0.05, 0) is 0 Å². The second-order valence-corrected chi connectivity index (χ2v) is 3.83. The first kappa shape index (κ1) is 16.2. The Labute approximate surface area is 155 Å². The van der Waals surface area contributed by atoms with Crippen molar-refractivity contribution in [3.63, 3.8) is 0 Å². The third-order valence-electron chi connectivity index (χ3n) is 2.13. The number of rotatable bonds is 0. The largest absolute Gasteiger partial charge is 1.00 e. The van der Waals surface area contributed by atoms with E-state index in [1.165, 1.54) is 0 Å². The minimum absolute atomic E-state index is 0. The molecule has 2 aromatic rings. The maximum absolute atomic E-state index is 10.9. The Hall–Kier alpha value is -0.844. The summed E-state index contributed by atoms with van der Waals surface area (Å²) in [6.07, 6.45) is 0. The Morgan fingerprint density at radius 3 is 1.68 bits per heavy atom. The van der Waals surface area contributed by atoms with Gasteiger partial charge in [0.25, 0.3) is 0 Å². The number of hydrogen-bond donors (Lipinski definition) is 2. The Kier molecular flexibility index (Phi) is 6.04. The molecule has 2 amide bonds. The Bertz CT molecular complexity index is 566. The molecule has 0 unspecified atom stereocenters. The maximum atomic E-state index is 10.9. The predicted molar refractivity (Wildman–Crippen MR) is 67.2 cm³/mol. The number of hydrogen-bond acceptors (Lipinski definition) is 7. The predicted octanol–water partition coefficient (Wildman–Crippen LogP) is -1.94. The van der Waals surface area contributed by atoms with E-state index in [0.717, 1.165) is 11.7 Å². The van der Waals surface area contributed by atoms with Gasteiger partial charge in [-0.2, -0.15) is 8.75 Å². The Balaban J connectivity index is 0.000000198. The fourth-order valence-electron chi connectivity index (χ4n) is 1.27. The van der Waals surface area contributed by atoms with Gasteiger partial charge >= 0.3 is 51.4 Å². The van der Waals surface area contributed by atoms with E-state index in [1.807, 2.05) is 0 Å². The molecule has 0 saturated carbocycles. The minimum Gasteiger partial charge on any atom is -0.587 e. The van der Waals surface area contributed by atoms with Crippen molar-refractivity contribution in [2.75, 3.05) is 11.5 Å². The Morgan fingerprint density at radius 2 is 1.37 bits per heavy atom. The number of carbonyl (C=O) groups is 2. The van der Waals surface area contributed by atoms with Crippen LogP contribution in [0.1, 0.15) is 20.7 Å². The van der Waals surface area contributed by atoms with E-state index in [4.69, 9.17) is 11.5 Å². The van der Waals surface area contributed by atoms with Crippen molar-refractivity contribution in [1.29, 1.82) is 0 Å². The van der Waals surface area contributed by atoms with Crippen molar-refractivity contribution >= 4 is 35.2 Å². The zero-order chi connectivity index (χ0) is 13.1. The number of nitrogens with two attached hydrogens (primary N) is 2. The molecule has 1 aromatic heterocycles. The van der Waals surface area contributed by atoms with Gasteiger partial charge in [0, 0.05) is 11.1 Å². The number of benzene rings is 1. The van der Waals surface area contributed by atoms with Gasteiger partial charge in [-0.25, -0.2) is 0 Å². The maximum Gasteiger partial charge on any atom is 1.00 e. The molecular formula is C10H8KN5O2S. The minimum atomic E-state index is -0.425. The summed E-state index contributed by atoms with van der Waals surface area (Å²) in [5.74, 6) is -0.203. The molecule has 19 heavy (non-hydrogen) atoms. The summed E-state index contributed by atoms with van der Waals surface area (Å²) >= 11 is 1.02. The monoisotopic (exact) mass is 301 g/mol. The molecule has 4 N–H and O–H groups in total. The summed E-state index contributed by atoms with van der Waals surface area (Å²) in [5.41, 5.74) is 11.1. The van der Waals surface area contributed by atoms with Crippen molar-refractivity contribution < 1.29 is 61.0 Å². The smallest absolute Gasteiger partial charge is 0.587 e. The summed E-state index contributed by atoms with van der Waals surface area (Å²) in [6.45, 7) is 0. The van der Waals surface area contributed by atoms with E-state index >= 15 is 0 Å². The molecule has 0 aliphatic carbocycles. The molecule has 1 aromatic carbocycles. The van der Waals surface area contributed by atoms with Gasteiger partial charge in [0.1, 0.15) is 0 Å². The van der Waals surface area contributed by atoms with Gasteiger partial charge in [-0.15, -0.1) is 0 Å². The summed E-state index contributed by atoms with van der Waals surface area (Å²) in [4.78, 5) is 21.8. The number of anilines is 2. The molecule has 1 aliphatic heterocycles. The second-order valence-electron chi connectivity index (χ2n) is 3.30. The van der Waals surface area contributed by atoms with Crippen LogP contribution in [-0.4, -0.2) is 20.6 Å². The molecule has 0 radical (unpaired) electrons. The van der Waals surface area contributed by atoms with E-state index in [2.05, 4.69) is 14.1 Å². The van der Waals surface area contributed by atoms with E-state index in [0.29, 0.717) is 22.8 Å². The second kappa shape index (κ2) is 7.08. The molecule has 0 atom stereocenters. The van der Waals surface area contributed by atoms with Crippen molar-refractivity contribution in [2.45, 2.75) is 0 Å². The number of aromatic nitrogens is 2. The summed E-state index contributed by atoms with van der Waals surface area (Å²) < 4.78 is 7.20. The molecular weight excluding hydrogens is 293 g/mol. The number of nitrogens with zero attached hydrogens (tertiary/aromatic N) is 3. The molecule has 92 valence electrons. The van der Waals surface area contributed by atoms with Gasteiger partial charge in [-0.3, -0.25) is 0 Å². The van der Waals surface area contributed by atoms with Crippen LogP contribution in [0.5, 0.6) is 0 Å². The third-order valence-corrected chi connectivity index (χ3v) is 2.69. The molecule has 1 aliphatic rings. The molecule has 0 saturated heterocycles. The summed E-state index contributed by atoms with van der Waals surface area (Å²) in [6, 6.07) is 6.63. The van der Waals surface area contributed by atoms with Gasteiger partial charge in [-0.1, -0.05) is 24.3 Å². The summed E-state index contributed by atoms with van der Waals surface area (Å²) in [5, 5.41) is 3.28. The fraction of sp³-hybridized carbons (Fsp3) is 0. The Morgan fingerprint density at radius 1 is 0.947 bits per heavy atom. The van der Waals surface area contributed by atoms with Crippen LogP contribution in [0.3, 0.4) is 0 Å². The number of carbonyl (C=O) groups excluding carboxylic acids is 2. The van der Waals surface area contributed by atoms with Crippen LogP contribution in [0.25, 0.3) is 5.32 Å². The fourth-order valence-corrected chi connectivity index (χ4v) is 1.67. The van der Waals surface area contributed by atoms with E-state index in [9.17, 15) is 9.59 Å². The number of nitrogen functional groups attached to an aromatic ring is 2. The zero-order valence-corrected chi connectivity index (χ0v) is 14.0. The number of imide groups is 1. The van der Waals surface area contributed by atoms with Crippen LogP contribution >= 0.6 is 11.7 Å². The van der Waals surface area contributed by atoms with Crippen LogP contribution in [-0.2, 0) is 0 Å². The molecule has 0 bridgehead atoms. The molecule has 7 nitrogen and oxygen atoms in total. The van der Waals surface area contributed by atoms with Crippen LogP contribution in [0.2, 0.25) is 0 Å². The molecule has 0 fully saturated rings. The van der Waals surface area contributed by atoms with E-state index < -0.39 is 11.8 Å². The quantitative estimate of drug-likeness (QED) is 0.431. The normalized spacial score (nSPS) is 11.8. The molecule has 2 heterocycles. The van der Waals surface area contributed by atoms with Gasteiger partial charge < -0.3 is 26.4 Å². The first-order valence-electron chi connectivity index (χ1n) is 4.82. The first-order valence-corrected chi connectivity index (χ1v) is 5.55. The standard InChI is InChI=1S/C8H5NO2.C2H4N4S.K/c10-7-5-3-1-2-4-6(5)8(11)9-7;3-1-2(4)6-7-5-1;/h1-4H,(H,9,10,11);(H2,3,5)(H2,4,6);/q;;+1/p-1. The van der Waals surface area contributed by atoms with Crippen molar-refractivity contribution in [2.24, 2.45) is 0 Å². The van der Waals surface area contributed by atoms with Crippen LogP contribution in [0.4, 0.5) is 11.6 Å². The van der Waals surface area contributed by atoms with Crippen LogP contribution in [0.15, 0.2) is 24.3 Å².